The fraction of sp³-hybridized carbons (Fsp3) is 0.756. The highest BCUT2D eigenvalue weighted by Crippen LogP contribution is 2.65. The third-order valence-electron chi connectivity index (χ3n) is 13.4. The lowest BCUT2D eigenvalue weighted by Gasteiger charge is -2.64. The molecule has 304 valence electrons. The summed E-state index contributed by atoms with van der Waals surface area (Å²) in [7, 11) is -0.617. The summed E-state index contributed by atoms with van der Waals surface area (Å²) in [6, 6.07) is 5.56. The molecule has 13 nitrogen and oxygen atoms in total. The van der Waals surface area contributed by atoms with Crippen LogP contribution in [0.2, 0.25) is 0 Å². The van der Waals surface area contributed by atoms with Crippen LogP contribution in [0.1, 0.15) is 106 Å². The zero-order chi connectivity index (χ0) is 39.9. The Morgan fingerprint density at radius 3 is 2.27 bits per heavy atom. The van der Waals surface area contributed by atoms with E-state index in [4.69, 9.17) is 14.0 Å². The number of rotatable bonds is 13. The van der Waals surface area contributed by atoms with E-state index in [0.29, 0.717) is 44.4 Å². The van der Waals surface area contributed by atoms with Crippen molar-refractivity contribution in [2.24, 2.45) is 22.7 Å². The second-order valence-electron chi connectivity index (χ2n) is 18.3. The van der Waals surface area contributed by atoms with Crippen LogP contribution in [0.15, 0.2) is 24.3 Å². The summed E-state index contributed by atoms with van der Waals surface area (Å²) in [5.74, 6) is -0.218. The molecule has 0 spiro atoms. The van der Waals surface area contributed by atoms with Gasteiger partial charge in [0.25, 0.3) is 0 Å². The fourth-order valence-electron chi connectivity index (χ4n) is 9.86. The van der Waals surface area contributed by atoms with Gasteiger partial charge >= 0.3 is 19.2 Å². The first-order chi connectivity index (χ1) is 26.0. The molecule has 1 aromatic carbocycles. The van der Waals surface area contributed by atoms with Crippen molar-refractivity contribution in [2.45, 2.75) is 143 Å². The zero-order valence-electron chi connectivity index (χ0n) is 34.6. The number of amides is 5. The molecule has 5 fully saturated rings. The van der Waals surface area contributed by atoms with Crippen molar-refractivity contribution < 1.29 is 33.2 Å². The molecule has 0 aromatic heterocycles. The van der Waals surface area contributed by atoms with Crippen LogP contribution in [-0.4, -0.2) is 114 Å². The van der Waals surface area contributed by atoms with E-state index in [1.807, 2.05) is 45.0 Å². The number of fused-ring (bicyclic) bond motifs is 1. The maximum atomic E-state index is 14.6. The molecule has 3 heterocycles. The summed E-state index contributed by atoms with van der Waals surface area (Å²) >= 11 is 0. The number of nitrogens with one attached hydrogen (secondary N) is 3. The number of hydrogen-bond acceptors (Lipinski definition) is 8. The van der Waals surface area contributed by atoms with Crippen LogP contribution >= 0.6 is 0 Å². The topological polar surface area (TPSA) is 142 Å². The first-order valence-corrected chi connectivity index (χ1v) is 20.7. The maximum absolute atomic E-state index is 14.6. The third-order valence-corrected chi connectivity index (χ3v) is 13.4. The van der Waals surface area contributed by atoms with E-state index in [-0.39, 0.29) is 30.4 Å². The Labute approximate surface area is 328 Å². The van der Waals surface area contributed by atoms with Crippen molar-refractivity contribution in [1.29, 1.82) is 0 Å². The van der Waals surface area contributed by atoms with Gasteiger partial charge in [0.15, 0.2) is 0 Å². The monoisotopic (exact) mass is 765 g/mol. The van der Waals surface area contributed by atoms with Crippen LogP contribution in [0.5, 0.6) is 0 Å². The SMILES string of the molecule is CCC[C@H](NC(=O)[C@@H]1C[C@@H](OC(=O)N2Cc3ccccc3C2)CN1C(=O)[C@@H](NC(=O)NCCN(CC)CC)C(C)(C)C)B1O[C@@H]2C[C@H]3C[C@H](C3(C)C)[C@]2(C)O1. The number of likely N-dealkylation sites (tertiary alicyclic amines) is 1. The predicted octanol–water partition coefficient (Wildman–Crippen LogP) is 4.72. The molecule has 0 radical (unpaired) electrons. The number of hydrogen-bond donors (Lipinski definition) is 3. The fourth-order valence-corrected chi connectivity index (χ4v) is 9.86. The Bertz CT molecular complexity index is 1560. The largest absolute Gasteiger partial charge is 0.481 e. The summed E-state index contributed by atoms with van der Waals surface area (Å²) in [6.45, 7) is 22.4. The van der Waals surface area contributed by atoms with E-state index in [9.17, 15) is 19.2 Å². The second kappa shape index (κ2) is 16.2. The molecule has 7 rings (SSSR count). The van der Waals surface area contributed by atoms with Gasteiger partial charge in [-0.25, -0.2) is 9.59 Å². The quantitative estimate of drug-likeness (QED) is 0.246. The van der Waals surface area contributed by atoms with Crippen molar-refractivity contribution in [3.8, 4) is 0 Å². The number of ether oxygens (including phenoxy) is 1. The molecule has 6 aliphatic rings. The number of urea groups is 1. The van der Waals surface area contributed by atoms with Crippen molar-refractivity contribution in [1.82, 2.24) is 30.7 Å². The Morgan fingerprint density at radius 2 is 1.67 bits per heavy atom. The minimum absolute atomic E-state index is 0.0223. The van der Waals surface area contributed by atoms with Gasteiger partial charge in [-0.3, -0.25) is 14.5 Å². The lowest BCUT2D eigenvalue weighted by molar-refractivity contribution is -0.199. The molecule has 8 atom stereocenters. The Balaban J connectivity index is 1.18. The third kappa shape index (κ3) is 8.37. The summed E-state index contributed by atoms with van der Waals surface area (Å²) in [4.78, 5) is 61.2. The van der Waals surface area contributed by atoms with Gasteiger partial charge in [0.05, 0.1) is 24.2 Å². The van der Waals surface area contributed by atoms with E-state index < -0.39 is 60.3 Å². The number of carbonyl (C=O) groups is 4. The highest BCUT2D eigenvalue weighted by atomic mass is 16.7. The average Bonchev–Trinajstić information content (AvgIpc) is 3.86. The normalized spacial score (nSPS) is 28.9. The Kier molecular flexibility index (Phi) is 12.2. The van der Waals surface area contributed by atoms with E-state index in [0.717, 1.165) is 43.5 Å². The molecule has 0 unspecified atom stereocenters. The Hall–Kier alpha value is -3.36. The Morgan fingerprint density at radius 1 is 1.00 bits per heavy atom. The highest BCUT2D eigenvalue weighted by Gasteiger charge is 2.68. The van der Waals surface area contributed by atoms with Gasteiger partial charge in [-0.05, 0) is 73.1 Å². The van der Waals surface area contributed by atoms with E-state index in [1.54, 1.807) is 4.90 Å². The van der Waals surface area contributed by atoms with Gasteiger partial charge in [-0.1, -0.05) is 86.1 Å². The lowest BCUT2D eigenvalue weighted by Crippen LogP contribution is -2.65. The average molecular weight is 765 g/mol. The number of benzene rings is 1. The first-order valence-electron chi connectivity index (χ1n) is 20.7. The van der Waals surface area contributed by atoms with Crippen molar-refractivity contribution in [3.05, 3.63) is 35.4 Å². The minimum atomic E-state index is -0.954. The predicted molar refractivity (Wildman–Crippen MR) is 211 cm³/mol. The molecular weight excluding hydrogens is 699 g/mol. The van der Waals surface area contributed by atoms with Gasteiger partial charge in [0, 0.05) is 32.6 Å². The number of likely N-dealkylation sites (N-methyl/N-ethyl adjacent to an activating group) is 1. The van der Waals surface area contributed by atoms with Gasteiger partial charge in [0.1, 0.15) is 18.2 Å². The van der Waals surface area contributed by atoms with E-state index in [1.165, 1.54) is 4.90 Å². The molecule has 2 saturated heterocycles. The van der Waals surface area contributed by atoms with Crippen molar-refractivity contribution in [2.75, 3.05) is 32.7 Å². The molecule has 2 bridgehead atoms. The zero-order valence-corrected chi connectivity index (χ0v) is 34.6. The highest BCUT2D eigenvalue weighted by molar-refractivity contribution is 6.48. The lowest BCUT2D eigenvalue weighted by atomic mass is 9.43. The van der Waals surface area contributed by atoms with Crippen molar-refractivity contribution in [3.63, 3.8) is 0 Å². The van der Waals surface area contributed by atoms with Crippen LogP contribution in [0.25, 0.3) is 0 Å². The minimum Gasteiger partial charge on any atom is -0.444 e. The maximum Gasteiger partial charge on any atom is 0.481 e. The van der Waals surface area contributed by atoms with Gasteiger partial charge in [0.2, 0.25) is 11.8 Å². The smallest absolute Gasteiger partial charge is 0.444 e. The molecule has 3 aliphatic carbocycles. The van der Waals surface area contributed by atoms with Crippen LogP contribution in [0, 0.1) is 22.7 Å². The van der Waals surface area contributed by atoms with Crippen LogP contribution in [-0.2, 0) is 36.7 Å². The molecule has 3 aliphatic heterocycles. The molecule has 1 aromatic rings. The standard InChI is InChI=1S/C41H65BN6O7/c1-10-15-33(42-54-32-21-28-20-31(40(28,7)8)41(32,9)55-42)44-35(49)30-22-29(53-38(52)47-23-26-16-13-14-17-27(26)24-47)25-48(30)36(50)34(39(4,5)6)45-37(51)43-18-19-46(11-2)12-3/h13-14,16-17,28-34H,10-12,15,18-25H2,1-9H3,(H,44,49)(H2,43,45,51)/t28-,29-,30+,31-,32-,33+,34-,41+/m1/s1. The second-order valence-corrected chi connectivity index (χ2v) is 18.3. The molecule has 5 amide bonds. The molecular formula is C41H65BN6O7. The molecule has 55 heavy (non-hydrogen) atoms. The van der Waals surface area contributed by atoms with Crippen molar-refractivity contribution >= 4 is 31.1 Å². The molecule has 3 N–H and O–H groups in total. The summed E-state index contributed by atoms with van der Waals surface area (Å²) in [5.41, 5.74) is 1.20. The van der Waals surface area contributed by atoms with E-state index >= 15 is 0 Å². The van der Waals surface area contributed by atoms with Crippen LogP contribution in [0.4, 0.5) is 9.59 Å². The van der Waals surface area contributed by atoms with Gasteiger partial charge in [-0.2, -0.15) is 0 Å². The number of nitrogens with zero attached hydrogens (tertiary/aromatic N) is 3. The summed E-state index contributed by atoms with van der Waals surface area (Å²) in [5, 5.41) is 9.05. The molecule has 14 heteroatoms. The first kappa shape index (κ1) is 41.3. The van der Waals surface area contributed by atoms with Gasteiger partial charge in [-0.15, -0.1) is 0 Å². The van der Waals surface area contributed by atoms with Crippen LogP contribution < -0.4 is 16.0 Å². The number of carbonyl (C=O) groups excluding carboxylic acids is 4. The van der Waals surface area contributed by atoms with Gasteiger partial charge < -0.3 is 39.8 Å². The summed E-state index contributed by atoms with van der Waals surface area (Å²) < 4.78 is 19.5. The van der Waals surface area contributed by atoms with E-state index in [2.05, 4.69) is 62.4 Å². The van der Waals surface area contributed by atoms with Crippen LogP contribution in [0.3, 0.4) is 0 Å². The summed E-state index contributed by atoms with van der Waals surface area (Å²) in [6.07, 6.45) is 2.37. The molecule has 3 saturated carbocycles.